The van der Waals surface area contributed by atoms with Crippen molar-refractivity contribution in [3.63, 3.8) is 0 Å². The summed E-state index contributed by atoms with van der Waals surface area (Å²) in [5.41, 5.74) is 0. The van der Waals surface area contributed by atoms with Crippen LogP contribution in [0.2, 0.25) is 0 Å². The Hall–Kier alpha value is -0.220. The van der Waals surface area contributed by atoms with E-state index in [1.165, 1.54) is 7.11 Å². The van der Waals surface area contributed by atoms with E-state index in [0.29, 0.717) is 23.0 Å². The van der Waals surface area contributed by atoms with Crippen molar-refractivity contribution in [1.29, 1.82) is 0 Å². The van der Waals surface area contributed by atoms with Gasteiger partial charge in [0.25, 0.3) is 0 Å². The van der Waals surface area contributed by atoms with Gasteiger partial charge >= 0.3 is 5.97 Å². The summed E-state index contributed by atoms with van der Waals surface area (Å²) >= 11 is 2.03. The molecule has 3 unspecified atom stereocenters. The van der Waals surface area contributed by atoms with Crippen molar-refractivity contribution >= 4 is 17.7 Å². The van der Waals surface area contributed by atoms with Crippen LogP contribution in [0.4, 0.5) is 0 Å². The smallest absolute Gasteiger partial charge is 0.307 e. The van der Waals surface area contributed by atoms with Crippen molar-refractivity contribution in [3.05, 3.63) is 0 Å². The van der Waals surface area contributed by atoms with Gasteiger partial charge in [-0.25, -0.2) is 0 Å². The second-order valence-electron chi connectivity index (χ2n) is 4.34. The lowest BCUT2D eigenvalue weighted by atomic mass is 10.2. The predicted octanol–water partition coefficient (Wildman–Crippen LogP) is 1.76. The van der Waals surface area contributed by atoms with E-state index >= 15 is 0 Å². The van der Waals surface area contributed by atoms with Crippen LogP contribution < -0.4 is 0 Å². The third kappa shape index (κ3) is 4.03. The Bertz CT molecular complexity index is 213. The highest BCUT2D eigenvalue weighted by Crippen LogP contribution is 2.26. The van der Waals surface area contributed by atoms with Gasteiger partial charge in [0.2, 0.25) is 0 Å². The molecule has 0 spiro atoms. The number of nitrogens with zero attached hydrogens (tertiary/aromatic N) is 1. The Kier molecular flexibility index (Phi) is 4.93. The minimum Gasteiger partial charge on any atom is -0.469 e. The molecule has 0 aliphatic carbocycles. The number of methoxy groups -OCH3 is 1. The molecule has 1 saturated heterocycles. The normalized spacial score (nSPS) is 29.9. The van der Waals surface area contributed by atoms with Crippen molar-refractivity contribution in [3.8, 4) is 0 Å². The molecule has 1 aliphatic rings. The molecule has 0 aromatic rings. The maximum absolute atomic E-state index is 11.2. The van der Waals surface area contributed by atoms with Gasteiger partial charge in [0.05, 0.1) is 13.5 Å². The monoisotopic (exact) mass is 231 g/mol. The SMILES string of the molecule is COC(=O)CC(C)N1CC(C)SC(C)C1. The highest BCUT2D eigenvalue weighted by Gasteiger charge is 2.26. The van der Waals surface area contributed by atoms with Gasteiger partial charge in [0.15, 0.2) is 0 Å². The van der Waals surface area contributed by atoms with Gasteiger partial charge in [-0.1, -0.05) is 13.8 Å². The van der Waals surface area contributed by atoms with Crippen LogP contribution in [-0.4, -0.2) is 47.6 Å². The number of carbonyl (C=O) groups excluding carboxylic acids is 1. The average molecular weight is 231 g/mol. The first-order valence-electron chi connectivity index (χ1n) is 5.49. The summed E-state index contributed by atoms with van der Waals surface area (Å²) in [4.78, 5) is 13.6. The molecule has 4 heteroatoms. The molecular weight excluding hydrogens is 210 g/mol. The Balaban J connectivity index is 2.44. The molecule has 0 aromatic carbocycles. The fraction of sp³-hybridized carbons (Fsp3) is 0.909. The highest BCUT2D eigenvalue weighted by molar-refractivity contribution is 8.00. The molecule has 15 heavy (non-hydrogen) atoms. The largest absolute Gasteiger partial charge is 0.469 e. The van der Waals surface area contributed by atoms with Crippen molar-refractivity contribution in [2.24, 2.45) is 0 Å². The first-order valence-corrected chi connectivity index (χ1v) is 6.43. The summed E-state index contributed by atoms with van der Waals surface area (Å²) in [6, 6.07) is 0.295. The number of rotatable bonds is 3. The average Bonchev–Trinajstić information content (AvgIpc) is 2.16. The summed E-state index contributed by atoms with van der Waals surface area (Å²) in [6.07, 6.45) is 0.501. The highest BCUT2D eigenvalue weighted by atomic mass is 32.2. The zero-order chi connectivity index (χ0) is 11.4. The van der Waals surface area contributed by atoms with Crippen molar-refractivity contribution < 1.29 is 9.53 Å². The molecule has 0 aromatic heterocycles. The van der Waals surface area contributed by atoms with Crippen molar-refractivity contribution in [1.82, 2.24) is 4.90 Å². The summed E-state index contributed by atoms with van der Waals surface area (Å²) in [5, 5.41) is 1.32. The number of esters is 1. The summed E-state index contributed by atoms with van der Waals surface area (Å²) in [7, 11) is 1.45. The lowest BCUT2D eigenvalue weighted by molar-refractivity contribution is -0.141. The summed E-state index contributed by atoms with van der Waals surface area (Å²) in [6.45, 7) is 8.75. The van der Waals surface area contributed by atoms with Crippen LogP contribution >= 0.6 is 11.8 Å². The van der Waals surface area contributed by atoms with Crippen LogP contribution in [0, 0.1) is 0 Å². The zero-order valence-corrected chi connectivity index (χ0v) is 10.8. The zero-order valence-electron chi connectivity index (χ0n) is 10.0. The molecule has 1 aliphatic heterocycles. The molecule has 0 saturated carbocycles. The number of ether oxygens (including phenoxy) is 1. The molecule has 3 nitrogen and oxygen atoms in total. The van der Waals surface area contributed by atoms with Gasteiger partial charge in [-0.2, -0.15) is 11.8 Å². The first-order chi connectivity index (χ1) is 7.02. The molecule has 1 heterocycles. The second kappa shape index (κ2) is 5.75. The van der Waals surface area contributed by atoms with E-state index in [1.54, 1.807) is 0 Å². The molecule has 88 valence electrons. The quantitative estimate of drug-likeness (QED) is 0.692. The minimum absolute atomic E-state index is 0.110. The fourth-order valence-corrected chi connectivity index (χ4v) is 3.38. The lowest BCUT2D eigenvalue weighted by Gasteiger charge is -2.38. The molecule has 0 bridgehead atoms. The molecule has 0 N–H and O–H groups in total. The van der Waals surface area contributed by atoms with E-state index in [4.69, 9.17) is 4.74 Å². The van der Waals surface area contributed by atoms with Crippen LogP contribution in [-0.2, 0) is 9.53 Å². The summed E-state index contributed by atoms with van der Waals surface area (Å²) < 4.78 is 4.69. The van der Waals surface area contributed by atoms with Gasteiger partial charge in [0, 0.05) is 29.6 Å². The Morgan fingerprint density at radius 3 is 2.47 bits per heavy atom. The van der Waals surface area contributed by atoms with Gasteiger partial charge in [-0.15, -0.1) is 0 Å². The van der Waals surface area contributed by atoms with Crippen molar-refractivity contribution in [2.75, 3.05) is 20.2 Å². The maximum atomic E-state index is 11.2. The van der Waals surface area contributed by atoms with E-state index in [1.807, 2.05) is 11.8 Å². The predicted molar refractivity (Wildman–Crippen MR) is 64.2 cm³/mol. The van der Waals surface area contributed by atoms with Crippen LogP contribution in [0.25, 0.3) is 0 Å². The Morgan fingerprint density at radius 2 is 2.00 bits per heavy atom. The fourth-order valence-electron chi connectivity index (χ4n) is 2.03. The maximum Gasteiger partial charge on any atom is 0.307 e. The summed E-state index contributed by atoms with van der Waals surface area (Å²) in [5.74, 6) is -0.110. The van der Waals surface area contributed by atoms with Gasteiger partial charge in [-0.3, -0.25) is 9.69 Å². The number of carbonyl (C=O) groups is 1. The standard InChI is InChI=1S/C11H21NO2S/c1-8(5-11(13)14-4)12-6-9(2)15-10(3)7-12/h8-10H,5-7H2,1-4H3. The van der Waals surface area contributed by atoms with Crippen LogP contribution in [0.1, 0.15) is 27.2 Å². The molecular formula is C11H21NO2S. The number of hydrogen-bond donors (Lipinski definition) is 0. The molecule has 1 rings (SSSR count). The van der Waals surface area contributed by atoms with Crippen molar-refractivity contribution in [2.45, 2.75) is 43.7 Å². The van der Waals surface area contributed by atoms with Gasteiger partial charge in [-0.05, 0) is 6.92 Å². The molecule has 0 amide bonds. The minimum atomic E-state index is -0.110. The van der Waals surface area contributed by atoms with E-state index in [0.717, 1.165) is 13.1 Å². The van der Waals surface area contributed by atoms with Gasteiger partial charge < -0.3 is 4.74 Å². The van der Waals surface area contributed by atoms with E-state index in [-0.39, 0.29) is 5.97 Å². The third-order valence-electron chi connectivity index (χ3n) is 2.76. The second-order valence-corrected chi connectivity index (χ2v) is 6.22. The first kappa shape index (κ1) is 12.8. The van der Waals surface area contributed by atoms with Crippen LogP contribution in [0.5, 0.6) is 0 Å². The van der Waals surface area contributed by atoms with Crippen LogP contribution in [0.3, 0.4) is 0 Å². The Morgan fingerprint density at radius 1 is 1.47 bits per heavy atom. The Labute approximate surface area is 96.5 Å². The molecule has 1 fully saturated rings. The molecule has 3 atom stereocenters. The number of hydrogen-bond acceptors (Lipinski definition) is 4. The topological polar surface area (TPSA) is 29.5 Å². The third-order valence-corrected chi connectivity index (χ3v) is 3.99. The van der Waals surface area contributed by atoms with E-state index in [2.05, 4.69) is 25.7 Å². The molecule has 0 radical (unpaired) electrons. The van der Waals surface area contributed by atoms with Crippen LogP contribution in [0.15, 0.2) is 0 Å². The van der Waals surface area contributed by atoms with E-state index < -0.39 is 0 Å². The van der Waals surface area contributed by atoms with E-state index in [9.17, 15) is 4.79 Å². The van der Waals surface area contributed by atoms with Gasteiger partial charge in [0.1, 0.15) is 0 Å². The lowest BCUT2D eigenvalue weighted by Crippen LogP contribution is -2.46. The number of thioether (sulfide) groups is 1.